The van der Waals surface area contributed by atoms with Gasteiger partial charge < -0.3 is 0 Å². The molecule has 0 aliphatic heterocycles. The van der Waals surface area contributed by atoms with Crippen LogP contribution in [0.1, 0.15) is 41.5 Å². The van der Waals surface area contributed by atoms with E-state index in [-0.39, 0.29) is 5.92 Å². The molecule has 1 aliphatic rings. The summed E-state index contributed by atoms with van der Waals surface area (Å²) < 4.78 is 8.13. The first-order chi connectivity index (χ1) is 14.3. The average Bonchev–Trinajstić information content (AvgIpc) is 3.12. The fourth-order valence-electron chi connectivity index (χ4n) is 4.87. The third-order valence-corrected chi connectivity index (χ3v) is 12.4. The van der Waals surface area contributed by atoms with E-state index in [4.69, 9.17) is 22.8 Å². The summed E-state index contributed by atoms with van der Waals surface area (Å²) in [7, 11) is 14.2. The van der Waals surface area contributed by atoms with Crippen LogP contribution in [-0.2, 0) is 18.2 Å². The van der Waals surface area contributed by atoms with E-state index < -0.39 is 13.4 Å². The van der Waals surface area contributed by atoms with Crippen molar-refractivity contribution in [3.63, 3.8) is 0 Å². The number of benzene rings is 3. The van der Waals surface area contributed by atoms with E-state index in [9.17, 15) is 0 Å². The third kappa shape index (κ3) is 4.93. The monoisotopic (exact) mass is 472 g/mol. The Balaban J connectivity index is 1.69. The third-order valence-electron chi connectivity index (χ3n) is 6.17. The van der Waals surface area contributed by atoms with E-state index in [0.29, 0.717) is 15.4 Å². The first kappa shape index (κ1) is 21.9. The molecule has 2 unspecified atom stereocenters. The Morgan fingerprint density at radius 3 is 2.13 bits per heavy atom. The van der Waals surface area contributed by atoms with Gasteiger partial charge in [-0.15, -0.1) is 0 Å². The molecular formula is C26H28Cl2NTi. The molecule has 0 heterocycles. The van der Waals surface area contributed by atoms with Gasteiger partial charge in [0.2, 0.25) is 0 Å². The van der Waals surface area contributed by atoms with Crippen LogP contribution >= 0.6 is 18.6 Å². The molecule has 2 N–H and O–H groups in total. The summed E-state index contributed by atoms with van der Waals surface area (Å²) in [5, 5.41) is 0. The minimum atomic E-state index is -4.20. The number of hydrogen-bond acceptors (Lipinski definition) is 1. The normalized spacial score (nSPS) is 18.2. The van der Waals surface area contributed by atoms with Crippen molar-refractivity contribution in [2.75, 3.05) is 0 Å². The molecule has 3 aromatic rings. The van der Waals surface area contributed by atoms with Gasteiger partial charge in [0.15, 0.2) is 0 Å². The van der Waals surface area contributed by atoms with Crippen LogP contribution in [0.5, 0.6) is 0 Å². The molecule has 4 rings (SSSR count). The van der Waals surface area contributed by atoms with Gasteiger partial charge in [0.25, 0.3) is 0 Å². The van der Waals surface area contributed by atoms with Crippen LogP contribution in [0.4, 0.5) is 0 Å². The minimum absolute atomic E-state index is 0.258. The number of fused-ring (bicyclic) bond motifs is 1. The van der Waals surface area contributed by atoms with Crippen molar-refractivity contribution < 1.29 is 13.4 Å². The quantitative estimate of drug-likeness (QED) is 0.348. The fourth-order valence-corrected chi connectivity index (χ4v) is 12.2. The first-order valence-corrected chi connectivity index (χ1v) is 18.0. The van der Waals surface area contributed by atoms with Gasteiger partial charge in [-0.05, 0) is 0 Å². The molecular weight excluding hydrogens is 445 g/mol. The van der Waals surface area contributed by atoms with Gasteiger partial charge in [-0.3, -0.25) is 0 Å². The van der Waals surface area contributed by atoms with Crippen LogP contribution in [0.3, 0.4) is 0 Å². The molecule has 0 spiro atoms. The average molecular weight is 473 g/mol. The van der Waals surface area contributed by atoms with E-state index >= 15 is 0 Å². The van der Waals surface area contributed by atoms with Crippen LogP contribution in [0.2, 0.25) is 4.73 Å². The number of nitrogens with two attached hydrogens (primary N) is 1. The predicted octanol–water partition coefficient (Wildman–Crippen LogP) is 7.84. The van der Waals surface area contributed by atoms with Gasteiger partial charge in [-0.2, -0.15) is 0 Å². The van der Waals surface area contributed by atoms with Crippen molar-refractivity contribution in [3.8, 4) is 0 Å². The van der Waals surface area contributed by atoms with E-state index in [1.807, 2.05) is 18.2 Å². The molecule has 0 radical (unpaired) electrons. The number of hydrogen-bond donors (Lipinski definition) is 1. The van der Waals surface area contributed by atoms with E-state index in [2.05, 4.69) is 79.7 Å². The van der Waals surface area contributed by atoms with Gasteiger partial charge in [0, 0.05) is 0 Å². The summed E-state index contributed by atoms with van der Waals surface area (Å²) in [5.41, 5.74) is 6.38. The molecule has 2 atom stereocenters. The summed E-state index contributed by atoms with van der Waals surface area (Å²) in [6.07, 6.45) is 3.31. The van der Waals surface area contributed by atoms with E-state index in [0.717, 1.165) is 12.0 Å². The van der Waals surface area contributed by atoms with Crippen molar-refractivity contribution in [1.82, 2.24) is 0 Å². The number of halogens is 2. The molecule has 1 nitrogen and oxygen atoms in total. The topological polar surface area (TPSA) is 26.0 Å². The van der Waals surface area contributed by atoms with Gasteiger partial charge >= 0.3 is 190 Å². The Morgan fingerprint density at radius 2 is 1.47 bits per heavy atom. The van der Waals surface area contributed by atoms with Crippen LogP contribution in [0.25, 0.3) is 11.6 Å². The molecule has 0 fully saturated rings. The molecule has 0 saturated carbocycles. The van der Waals surface area contributed by atoms with E-state index in [1.165, 1.54) is 22.3 Å². The van der Waals surface area contributed by atoms with E-state index in [1.54, 1.807) is 0 Å². The molecule has 4 heteroatoms. The van der Waals surface area contributed by atoms with Crippen LogP contribution in [0, 0.1) is 5.92 Å². The Hall–Kier alpha value is -1.35. The van der Waals surface area contributed by atoms with Crippen molar-refractivity contribution in [1.29, 1.82) is 0 Å². The summed E-state index contributed by atoms with van der Waals surface area (Å²) in [5.74, 6) is 0.550. The zero-order chi connectivity index (χ0) is 21.2. The Bertz CT molecular complexity index is 1040. The molecule has 3 aromatic carbocycles. The molecule has 155 valence electrons. The SMILES string of the molecule is CCC([CH2][Ti]([NH2])([Cl])([Cl])[CH2]c1ccccc1)C1C(c2ccccc2)=Cc2ccccc21. The summed E-state index contributed by atoms with van der Waals surface area (Å²) >= 11 is -4.20. The van der Waals surface area contributed by atoms with Gasteiger partial charge in [-0.1, -0.05) is 0 Å². The van der Waals surface area contributed by atoms with Crippen LogP contribution in [-0.4, -0.2) is 0 Å². The maximum atomic E-state index is 7.11. The maximum absolute atomic E-state index is 7.11. The molecule has 0 bridgehead atoms. The first-order valence-electron chi connectivity index (χ1n) is 10.6. The molecule has 0 aromatic heterocycles. The second-order valence-corrected chi connectivity index (χ2v) is 23.0. The zero-order valence-corrected chi connectivity index (χ0v) is 20.3. The van der Waals surface area contributed by atoms with Crippen molar-refractivity contribution in [2.45, 2.75) is 28.7 Å². The van der Waals surface area contributed by atoms with Crippen LogP contribution < -0.4 is 4.22 Å². The van der Waals surface area contributed by atoms with Crippen LogP contribution in [0.15, 0.2) is 84.9 Å². The fraction of sp³-hybridized carbons (Fsp3) is 0.231. The second kappa shape index (κ2) is 8.65. The second-order valence-electron chi connectivity index (χ2n) is 8.59. The van der Waals surface area contributed by atoms with Crippen molar-refractivity contribution in [3.05, 3.63) is 107 Å². The van der Waals surface area contributed by atoms with Crippen molar-refractivity contribution >= 4 is 30.3 Å². The zero-order valence-electron chi connectivity index (χ0n) is 17.3. The van der Waals surface area contributed by atoms with Gasteiger partial charge in [0.05, 0.1) is 0 Å². The van der Waals surface area contributed by atoms with Crippen molar-refractivity contribution in [2.24, 2.45) is 10.1 Å². The Labute approximate surface area is 188 Å². The molecule has 0 saturated heterocycles. The summed E-state index contributed by atoms with van der Waals surface area (Å²) in [6, 6.07) is 29.5. The van der Waals surface area contributed by atoms with Gasteiger partial charge in [-0.25, -0.2) is 0 Å². The standard InChI is InChI=1S/C19H19.C7H7.2ClH.H2N.Ti/c1-3-14(2)19-17-12-8-7-11-16(17)13-18(19)15-9-5-4-6-10-15;1-7-5-3-2-4-6-7;;;;/h4-14,19H,2-3H2,1H3;2-6H,1H2;2*1H;1H2;/q;;;;-1;+3/p-2. The molecule has 30 heavy (non-hydrogen) atoms. The number of allylic oxidation sites excluding steroid dienone is 1. The summed E-state index contributed by atoms with van der Waals surface area (Å²) in [6.45, 7) is 2.23. The Morgan fingerprint density at radius 1 is 0.867 bits per heavy atom. The molecule has 1 aliphatic carbocycles. The summed E-state index contributed by atoms with van der Waals surface area (Å²) in [4.78, 5) is 0. The molecule has 0 amide bonds. The Kier molecular flexibility index (Phi) is 6.31. The predicted molar refractivity (Wildman–Crippen MR) is 128 cm³/mol. The number of rotatable bonds is 7. The van der Waals surface area contributed by atoms with Gasteiger partial charge in [0.1, 0.15) is 0 Å².